The molecule has 1 fully saturated rings. The van der Waals surface area contributed by atoms with Gasteiger partial charge in [0.1, 0.15) is 6.54 Å². The first kappa shape index (κ1) is 15.5. The quantitative estimate of drug-likeness (QED) is 0.452. The second-order valence-corrected chi connectivity index (χ2v) is 5.97. The maximum atomic E-state index is 12.1. The Morgan fingerprint density at radius 2 is 1.95 bits per heavy atom. The summed E-state index contributed by atoms with van der Waals surface area (Å²) in [6, 6.07) is 3.42. The van der Waals surface area contributed by atoms with Crippen LogP contribution in [0, 0.1) is 0 Å². The van der Waals surface area contributed by atoms with E-state index in [1.807, 2.05) is 6.92 Å². The molecular weight excluding hydrogens is 292 g/mol. The summed E-state index contributed by atoms with van der Waals surface area (Å²) in [5, 5.41) is 0. The maximum absolute atomic E-state index is 12.1. The van der Waals surface area contributed by atoms with Gasteiger partial charge in [-0.25, -0.2) is 5.84 Å². The summed E-state index contributed by atoms with van der Waals surface area (Å²) < 4.78 is 0. The van der Waals surface area contributed by atoms with Crippen molar-refractivity contribution in [3.05, 3.63) is 21.9 Å². The number of hydrazine groups is 1. The third-order valence-corrected chi connectivity index (χ3v) is 4.28. The Kier molecular flexibility index (Phi) is 4.92. The highest BCUT2D eigenvalue weighted by Crippen LogP contribution is 2.19. The van der Waals surface area contributed by atoms with Gasteiger partial charge in [-0.1, -0.05) is 6.92 Å². The first-order valence-electron chi connectivity index (χ1n) is 6.70. The fourth-order valence-corrected chi connectivity index (χ4v) is 3.09. The van der Waals surface area contributed by atoms with Crippen molar-refractivity contribution in [2.75, 3.05) is 19.6 Å². The van der Waals surface area contributed by atoms with Crippen molar-refractivity contribution in [3.8, 4) is 0 Å². The smallest absolute Gasteiger partial charge is 0.275 e. The number of carbonyl (C=O) groups excluding carboxylic acids is 3. The lowest BCUT2D eigenvalue weighted by Gasteiger charge is -2.33. The van der Waals surface area contributed by atoms with Gasteiger partial charge >= 0.3 is 0 Å². The molecule has 0 bridgehead atoms. The molecule has 3 amide bonds. The summed E-state index contributed by atoms with van der Waals surface area (Å²) in [6.07, 6.45) is 0.835. The SMILES string of the molecule is CCCN1CC(=O)N(Cc2ccc(C(=O)NN)s2)CC1=O. The Balaban J connectivity index is 2.00. The molecule has 0 atom stereocenters. The number of nitrogen functional groups attached to an aromatic ring is 1. The van der Waals surface area contributed by atoms with Gasteiger partial charge in [-0.2, -0.15) is 0 Å². The van der Waals surface area contributed by atoms with E-state index in [2.05, 4.69) is 5.43 Å². The number of piperazine rings is 1. The van der Waals surface area contributed by atoms with E-state index >= 15 is 0 Å². The van der Waals surface area contributed by atoms with E-state index in [1.165, 1.54) is 16.2 Å². The molecule has 2 heterocycles. The molecular formula is C13H18N4O3S. The number of rotatable bonds is 5. The van der Waals surface area contributed by atoms with Gasteiger partial charge in [0.2, 0.25) is 11.8 Å². The highest BCUT2D eigenvalue weighted by atomic mass is 32.1. The zero-order valence-corrected chi connectivity index (χ0v) is 12.6. The summed E-state index contributed by atoms with van der Waals surface area (Å²) in [6.45, 7) is 3.15. The molecule has 0 saturated carbocycles. The Morgan fingerprint density at radius 1 is 1.29 bits per heavy atom. The molecule has 0 radical (unpaired) electrons. The van der Waals surface area contributed by atoms with Crippen molar-refractivity contribution in [2.45, 2.75) is 19.9 Å². The molecule has 2 rings (SSSR count). The lowest BCUT2D eigenvalue weighted by Crippen LogP contribution is -2.53. The van der Waals surface area contributed by atoms with Crippen LogP contribution >= 0.6 is 11.3 Å². The highest BCUT2D eigenvalue weighted by Gasteiger charge is 2.29. The van der Waals surface area contributed by atoms with Gasteiger partial charge in [0.15, 0.2) is 0 Å². The van der Waals surface area contributed by atoms with Crippen LogP contribution in [0.2, 0.25) is 0 Å². The Hall–Kier alpha value is -1.93. The number of amides is 3. The molecule has 21 heavy (non-hydrogen) atoms. The minimum atomic E-state index is -0.360. The molecule has 1 aromatic heterocycles. The van der Waals surface area contributed by atoms with E-state index in [0.717, 1.165) is 11.3 Å². The lowest BCUT2D eigenvalue weighted by molar-refractivity contribution is -0.150. The van der Waals surface area contributed by atoms with Crippen LogP contribution in [0.5, 0.6) is 0 Å². The van der Waals surface area contributed by atoms with Gasteiger partial charge in [-0.15, -0.1) is 11.3 Å². The van der Waals surface area contributed by atoms with Crippen LogP contribution in [0.1, 0.15) is 27.9 Å². The van der Waals surface area contributed by atoms with Crippen molar-refractivity contribution in [1.82, 2.24) is 15.2 Å². The summed E-state index contributed by atoms with van der Waals surface area (Å²) >= 11 is 1.26. The molecule has 1 aliphatic rings. The van der Waals surface area contributed by atoms with Crippen LogP contribution in [0.3, 0.4) is 0 Å². The van der Waals surface area contributed by atoms with Crippen molar-refractivity contribution < 1.29 is 14.4 Å². The molecule has 8 heteroatoms. The molecule has 3 N–H and O–H groups in total. The molecule has 1 aromatic rings. The number of hydrogen-bond donors (Lipinski definition) is 2. The third kappa shape index (κ3) is 3.59. The number of nitrogens with zero attached hydrogens (tertiary/aromatic N) is 2. The van der Waals surface area contributed by atoms with Crippen molar-refractivity contribution in [1.29, 1.82) is 0 Å². The topological polar surface area (TPSA) is 95.7 Å². The molecule has 1 aliphatic heterocycles. The number of thiophene rings is 1. The van der Waals surface area contributed by atoms with Crippen molar-refractivity contribution >= 4 is 29.1 Å². The number of hydrogen-bond acceptors (Lipinski definition) is 5. The van der Waals surface area contributed by atoms with E-state index < -0.39 is 0 Å². The summed E-state index contributed by atoms with van der Waals surface area (Å²) in [5.41, 5.74) is 2.06. The number of nitrogens with two attached hydrogens (primary N) is 1. The second kappa shape index (κ2) is 6.68. The van der Waals surface area contributed by atoms with Crippen LogP contribution in [-0.2, 0) is 16.1 Å². The van der Waals surface area contributed by atoms with Gasteiger partial charge in [0, 0.05) is 11.4 Å². The predicted octanol–water partition coefficient (Wildman–Crippen LogP) is -0.0676. The minimum Gasteiger partial charge on any atom is -0.332 e. The van der Waals surface area contributed by atoms with Crippen molar-refractivity contribution in [3.63, 3.8) is 0 Å². The Morgan fingerprint density at radius 3 is 2.62 bits per heavy atom. The summed E-state index contributed by atoms with van der Waals surface area (Å²) in [7, 11) is 0. The molecule has 0 spiro atoms. The monoisotopic (exact) mass is 310 g/mol. The summed E-state index contributed by atoms with van der Waals surface area (Å²) in [4.78, 5) is 39.8. The van der Waals surface area contributed by atoms with Crippen LogP contribution in [-0.4, -0.2) is 47.2 Å². The van der Waals surface area contributed by atoms with Crippen LogP contribution in [0.25, 0.3) is 0 Å². The predicted molar refractivity (Wildman–Crippen MR) is 78.3 cm³/mol. The second-order valence-electron chi connectivity index (χ2n) is 4.80. The Labute approximate surface area is 126 Å². The molecule has 7 nitrogen and oxygen atoms in total. The van der Waals surface area contributed by atoms with E-state index in [-0.39, 0.29) is 30.8 Å². The Bertz CT molecular complexity index is 557. The van der Waals surface area contributed by atoms with Gasteiger partial charge in [-0.3, -0.25) is 19.8 Å². The standard InChI is InChI=1S/C13H18N4O3S/c1-2-5-16-7-12(19)17(8-11(16)18)6-9-3-4-10(21-9)13(20)15-14/h3-4H,2,5-8,14H2,1H3,(H,15,20). The third-order valence-electron chi connectivity index (χ3n) is 3.21. The average molecular weight is 310 g/mol. The fourth-order valence-electron chi connectivity index (χ4n) is 2.16. The molecule has 0 aromatic carbocycles. The number of nitrogens with one attached hydrogen (secondary N) is 1. The van der Waals surface area contributed by atoms with E-state index in [0.29, 0.717) is 18.0 Å². The van der Waals surface area contributed by atoms with Gasteiger partial charge in [0.05, 0.1) is 18.0 Å². The summed E-state index contributed by atoms with van der Waals surface area (Å²) in [5.74, 6) is 4.61. The molecule has 1 saturated heterocycles. The lowest BCUT2D eigenvalue weighted by atomic mass is 10.2. The van der Waals surface area contributed by atoms with Crippen LogP contribution in [0.4, 0.5) is 0 Å². The fraction of sp³-hybridized carbons (Fsp3) is 0.462. The number of carbonyl (C=O) groups is 3. The molecule has 114 valence electrons. The largest absolute Gasteiger partial charge is 0.332 e. The zero-order valence-electron chi connectivity index (χ0n) is 11.8. The normalized spacial score (nSPS) is 15.5. The van der Waals surface area contributed by atoms with Gasteiger partial charge in [0.25, 0.3) is 5.91 Å². The van der Waals surface area contributed by atoms with Crippen molar-refractivity contribution in [2.24, 2.45) is 5.84 Å². The van der Waals surface area contributed by atoms with Crippen LogP contribution < -0.4 is 11.3 Å². The molecule has 0 unspecified atom stereocenters. The van der Waals surface area contributed by atoms with Gasteiger partial charge in [-0.05, 0) is 18.6 Å². The molecule has 0 aliphatic carbocycles. The maximum Gasteiger partial charge on any atom is 0.275 e. The highest BCUT2D eigenvalue weighted by molar-refractivity contribution is 7.14. The average Bonchev–Trinajstić information content (AvgIpc) is 2.92. The minimum absolute atomic E-state index is 0.0343. The first-order chi connectivity index (χ1) is 10.0. The van der Waals surface area contributed by atoms with E-state index in [4.69, 9.17) is 5.84 Å². The van der Waals surface area contributed by atoms with E-state index in [9.17, 15) is 14.4 Å². The van der Waals surface area contributed by atoms with Gasteiger partial charge < -0.3 is 9.80 Å². The first-order valence-corrected chi connectivity index (χ1v) is 7.52. The van der Waals surface area contributed by atoms with Crippen LogP contribution in [0.15, 0.2) is 12.1 Å². The zero-order chi connectivity index (χ0) is 15.4. The van der Waals surface area contributed by atoms with E-state index in [1.54, 1.807) is 17.0 Å².